The van der Waals surface area contributed by atoms with Gasteiger partial charge in [0.25, 0.3) is 15.9 Å². The minimum Gasteiger partial charge on any atom is -0.298 e. The van der Waals surface area contributed by atoms with Crippen LogP contribution in [0.1, 0.15) is 22.3 Å². The molecule has 0 aliphatic carbocycles. The second-order valence-corrected chi connectivity index (χ2v) is 11.2. The van der Waals surface area contributed by atoms with Crippen molar-refractivity contribution >= 4 is 64.2 Å². The van der Waals surface area contributed by atoms with E-state index in [-0.39, 0.29) is 10.8 Å². The van der Waals surface area contributed by atoms with Crippen molar-refractivity contribution in [2.75, 3.05) is 16.2 Å². The van der Waals surface area contributed by atoms with Gasteiger partial charge in [-0.1, -0.05) is 45.5 Å². The topological polar surface area (TPSA) is 79.4 Å². The van der Waals surface area contributed by atoms with Gasteiger partial charge in [-0.25, -0.2) is 13.4 Å². The highest BCUT2D eigenvalue weighted by Gasteiger charge is 2.29. The van der Waals surface area contributed by atoms with Gasteiger partial charge in [0.15, 0.2) is 5.13 Å². The van der Waals surface area contributed by atoms with Crippen LogP contribution in [0.3, 0.4) is 0 Å². The fourth-order valence-corrected chi connectivity index (χ4v) is 6.73. The highest BCUT2D eigenvalue weighted by atomic mass is 79.9. The first kappa shape index (κ1) is 21.1. The molecule has 0 atom stereocenters. The summed E-state index contributed by atoms with van der Waals surface area (Å²) in [6, 6.07) is 19.3. The van der Waals surface area contributed by atoms with Crippen LogP contribution < -0.4 is 9.62 Å². The number of aromatic nitrogens is 1. The molecular formula is C23H18BrN3O3S2. The lowest BCUT2D eigenvalue weighted by Gasteiger charge is -2.30. The van der Waals surface area contributed by atoms with E-state index in [2.05, 4.69) is 26.2 Å². The largest absolute Gasteiger partial charge is 0.298 e. The lowest BCUT2D eigenvalue weighted by atomic mass is 10.0. The smallest absolute Gasteiger partial charge is 0.264 e. The lowest BCUT2D eigenvalue weighted by molar-refractivity contribution is 0.102. The number of fused-ring (bicyclic) bond motifs is 2. The van der Waals surface area contributed by atoms with Gasteiger partial charge in [0.2, 0.25) is 0 Å². The molecule has 162 valence electrons. The average molecular weight is 528 g/mol. The fourth-order valence-electron chi connectivity index (χ4n) is 3.78. The van der Waals surface area contributed by atoms with Crippen molar-refractivity contribution < 1.29 is 13.2 Å². The Morgan fingerprint density at radius 3 is 2.66 bits per heavy atom. The van der Waals surface area contributed by atoms with Gasteiger partial charge in [-0.3, -0.25) is 14.4 Å². The zero-order valence-corrected chi connectivity index (χ0v) is 20.0. The molecule has 1 aliphatic rings. The number of hydrogen-bond donors (Lipinski definition) is 1. The summed E-state index contributed by atoms with van der Waals surface area (Å²) in [5.74, 6) is -0.338. The molecule has 32 heavy (non-hydrogen) atoms. The Balaban J connectivity index is 1.37. The van der Waals surface area contributed by atoms with E-state index in [1.165, 1.54) is 39.9 Å². The van der Waals surface area contributed by atoms with Crippen LogP contribution in [0.5, 0.6) is 0 Å². The summed E-state index contributed by atoms with van der Waals surface area (Å²) in [5, 5.41) is 3.29. The molecule has 4 aromatic rings. The van der Waals surface area contributed by atoms with Crippen LogP contribution in [0, 0.1) is 0 Å². The van der Waals surface area contributed by atoms with Gasteiger partial charge in [-0.2, -0.15) is 0 Å². The van der Waals surface area contributed by atoms with Gasteiger partial charge in [0, 0.05) is 16.6 Å². The van der Waals surface area contributed by atoms with Crippen LogP contribution in [-0.2, 0) is 16.4 Å². The fraction of sp³-hybridized carbons (Fsp3) is 0.130. The second kappa shape index (κ2) is 8.31. The number of sulfonamides is 1. The zero-order valence-electron chi connectivity index (χ0n) is 16.8. The highest BCUT2D eigenvalue weighted by molar-refractivity contribution is 9.10. The van der Waals surface area contributed by atoms with Gasteiger partial charge >= 0.3 is 0 Å². The summed E-state index contributed by atoms with van der Waals surface area (Å²) in [6.45, 7) is 0.440. The van der Waals surface area contributed by atoms with Crippen molar-refractivity contribution in [2.24, 2.45) is 0 Å². The molecule has 1 aliphatic heterocycles. The number of rotatable bonds is 4. The number of halogens is 1. The van der Waals surface area contributed by atoms with E-state index in [1.54, 1.807) is 0 Å². The Morgan fingerprint density at radius 2 is 1.84 bits per heavy atom. The molecule has 0 bridgehead atoms. The Kier molecular flexibility index (Phi) is 5.48. The van der Waals surface area contributed by atoms with Crippen LogP contribution >= 0.6 is 27.3 Å². The summed E-state index contributed by atoms with van der Waals surface area (Å²) >= 11 is 4.81. The Hall–Kier alpha value is -2.75. The molecular weight excluding hydrogens is 510 g/mol. The average Bonchev–Trinajstić information content (AvgIpc) is 3.20. The maximum absolute atomic E-state index is 13.3. The molecule has 1 amide bonds. The highest BCUT2D eigenvalue weighted by Crippen LogP contribution is 2.32. The van der Waals surface area contributed by atoms with Crippen LogP contribution in [0.2, 0.25) is 0 Å². The molecule has 2 heterocycles. The van der Waals surface area contributed by atoms with Gasteiger partial charge in [0.05, 0.1) is 20.8 Å². The Morgan fingerprint density at radius 1 is 1.06 bits per heavy atom. The van der Waals surface area contributed by atoms with Gasteiger partial charge in [0.1, 0.15) is 0 Å². The van der Waals surface area contributed by atoms with Gasteiger partial charge in [-0.05, 0) is 66.9 Å². The van der Waals surface area contributed by atoms with Crippen molar-refractivity contribution in [1.82, 2.24) is 4.98 Å². The second-order valence-electron chi connectivity index (χ2n) is 7.42. The summed E-state index contributed by atoms with van der Waals surface area (Å²) in [7, 11) is -3.71. The molecule has 1 N–H and O–H groups in total. The number of anilines is 2. The third-order valence-corrected chi connectivity index (χ3v) is 8.60. The van der Waals surface area contributed by atoms with E-state index < -0.39 is 10.0 Å². The molecule has 0 saturated carbocycles. The minimum absolute atomic E-state index is 0.163. The molecule has 0 saturated heterocycles. The minimum atomic E-state index is -3.71. The number of amides is 1. The Labute approximate surface area is 198 Å². The SMILES string of the molecule is O=C(Nc1nc2ccc(Br)cc2s1)c1ccc(S(=O)(=O)N2CCCc3ccccc32)cc1. The van der Waals surface area contributed by atoms with Crippen molar-refractivity contribution in [3.8, 4) is 0 Å². The maximum atomic E-state index is 13.3. The standard InChI is InChI=1S/C23H18BrN3O3S2/c24-17-9-12-19-21(14-17)31-23(25-19)26-22(28)16-7-10-18(11-8-16)32(29,30)27-13-3-5-15-4-1-2-6-20(15)27/h1-2,4,6-12,14H,3,5,13H2,(H,25,26,28). The van der Waals surface area contributed by atoms with Crippen molar-refractivity contribution in [2.45, 2.75) is 17.7 Å². The number of carbonyl (C=O) groups is 1. The molecule has 0 unspecified atom stereocenters. The maximum Gasteiger partial charge on any atom is 0.264 e. The number of hydrogen-bond acceptors (Lipinski definition) is 5. The van der Waals surface area contributed by atoms with E-state index in [1.807, 2.05) is 42.5 Å². The monoisotopic (exact) mass is 527 g/mol. The van der Waals surface area contributed by atoms with Crippen LogP contribution in [0.4, 0.5) is 10.8 Å². The normalized spacial score (nSPS) is 13.7. The van der Waals surface area contributed by atoms with Crippen molar-refractivity contribution in [3.05, 3.63) is 82.3 Å². The molecule has 6 nitrogen and oxygen atoms in total. The predicted molar refractivity (Wildman–Crippen MR) is 131 cm³/mol. The summed E-state index contributed by atoms with van der Waals surface area (Å²) in [6.07, 6.45) is 1.64. The summed E-state index contributed by atoms with van der Waals surface area (Å²) < 4.78 is 29.9. The lowest BCUT2D eigenvalue weighted by Crippen LogP contribution is -2.35. The molecule has 0 radical (unpaired) electrons. The molecule has 9 heteroatoms. The van der Waals surface area contributed by atoms with E-state index in [0.29, 0.717) is 17.2 Å². The molecule has 5 rings (SSSR count). The molecule has 3 aromatic carbocycles. The van der Waals surface area contributed by atoms with Crippen LogP contribution in [-0.4, -0.2) is 25.9 Å². The molecule has 1 aromatic heterocycles. The number of benzene rings is 3. The summed E-state index contributed by atoms with van der Waals surface area (Å²) in [4.78, 5) is 17.3. The number of thiazole rings is 1. The number of nitrogens with one attached hydrogen (secondary N) is 1. The van der Waals surface area contributed by atoms with Gasteiger partial charge < -0.3 is 0 Å². The Bertz CT molecular complexity index is 1430. The number of aryl methyl sites for hydroxylation is 1. The van der Waals surface area contributed by atoms with E-state index >= 15 is 0 Å². The van der Waals surface area contributed by atoms with E-state index in [0.717, 1.165) is 38.8 Å². The molecule has 0 fully saturated rings. The quantitative estimate of drug-likeness (QED) is 0.382. The zero-order chi connectivity index (χ0) is 22.3. The first-order valence-electron chi connectivity index (χ1n) is 10.00. The number of carbonyl (C=O) groups excluding carboxylic acids is 1. The van der Waals surface area contributed by atoms with Crippen LogP contribution in [0.25, 0.3) is 10.2 Å². The van der Waals surface area contributed by atoms with E-state index in [9.17, 15) is 13.2 Å². The van der Waals surface area contributed by atoms with Crippen LogP contribution in [0.15, 0.2) is 76.1 Å². The third kappa shape index (κ3) is 3.92. The van der Waals surface area contributed by atoms with Crippen molar-refractivity contribution in [3.63, 3.8) is 0 Å². The summed E-state index contributed by atoms with van der Waals surface area (Å²) in [5.41, 5.74) is 2.92. The number of nitrogens with zero attached hydrogens (tertiary/aromatic N) is 2. The predicted octanol–water partition coefficient (Wildman–Crippen LogP) is 5.45. The molecule has 0 spiro atoms. The third-order valence-electron chi connectivity index (χ3n) is 5.34. The first-order chi connectivity index (χ1) is 15.4. The van der Waals surface area contributed by atoms with E-state index in [4.69, 9.17) is 0 Å². The van der Waals surface area contributed by atoms with Crippen molar-refractivity contribution in [1.29, 1.82) is 0 Å². The number of para-hydroxylation sites is 1. The first-order valence-corrected chi connectivity index (χ1v) is 13.0. The van der Waals surface area contributed by atoms with Gasteiger partial charge in [-0.15, -0.1) is 0 Å².